The van der Waals surface area contributed by atoms with Crippen LogP contribution in [0.4, 0.5) is 0 Å². The molecule has 3 heteroatoms. The molecule has 0 saturated heterocycles. The second-order valence-electron chi connectivity index (χ2n) is 6.31. The van der Waals surface area contributed by atoms with Gasteiger partial charge in [0.25, 0.3) is 0 Å². The molecule has 22 heavy (non-hydrogen) atoms. The van der Waals surface area contributed by atoms with Gasteiger partial charge in [0.05, 0.1) is 0 Å². The van der Waals surface area contributed by atoms with E-state index in [0.717, 1.165) is 0 Å². The molecule has 1 aromatic carbocycles. The molecule has 3 aromatic rings. The van der Waals surface area contributed by atoms with Crippen molar-refractivity contribution >= 4 is 22.2 Å². The maximum Gasteiger partial charge on any atom is 0.0483 e. The highest BCUT2D eigenvalue weighted by Crippen LogP contribution is 2.33. The Morgan fingerprint density at radius 1 is 1.14 bits per heavy atom. The lowest BCUT2D eigenvalue weighted by atomic mass is 9.91. The molecule has 2 aromatic heterocycles. The fraction of sp³-hybridized carbons (Fsp3) is 0.368. The number of hydrogen-bond donors (Lipinski definition) is 1. The van der Waals surface area contributed by atoms with Gasteiger partial charge in [0.2, 0.25) is 0 Å². The zero-order valence-corrected chi connectivity index (χ0v) is 13.8. The second-order valence-corrected chi connectivity index (χ2v) is 7.09. The number of thiophene rings is 1. The van der Waals surface area contributed by atoms with E-state index in [4.69, 9.17) is 0 Å². The lowest BCUT2D eigenvalue weighted by Gasteiger charge is -2.30. The highest BCUT2D eigenvalue weighted by molar-refractivity contribution is 7.08. The van der Waals surface area contributed by atoms with Crippen molar-refractivity contribution < 1.29 is 0 Å². The van der Waals surface area contributed by atoms with Crippen LogP contribution in [0, 0.1) is 0 Å². The lowest BCUT2D eigenvalue weighted by molar-refractivity contribution is 0.300. The minimum Gasteiger partial charge on any atom is -0.344 e. The van der Waals surface area contributed by atoms with Crippen LogP contribution >= 0.6 is 11.3 Å². The van der Waals surface area contributed by atoms with E-state index >= 15 is 0 Å². The second kappa shape index (κ2) is 5.90. The fourth-order valence-electron chi connectivity index (χ4n) is 3.77. The van der Waals surface area contributed by atoms with E-state index in [1.54, 1.807) is 11.3 Å². The molecule has 1 aliphatic rings. The molecule has 1 saturated carbocycles. The molecule has 1 fully saturated rings. The Bertz CT molecular complexity index is 757. The van der Waals surface area contributed by atoms with Crippen LogP contribution in [-0.2, 0) is 0 Å². The van der Waals surface area contributed by atoms with Crippen molar-refractivity contribution in [3.05, 3.63) is 47.3 Å². The molecule has 1 aliphatic carbocycles. The minimum atomic E-state index is 0.635. The lowest BCUT2D eigenvalue weighted by Crippen LogP contribution is -2.32. The topological polar surface area (TPSA) is 17.0 Å². The molecule has 0 spiro atoms. The maximum atomic E-state index is 3.46. The van der Waals surface area contributed by atoms with Crippen molar-refractivity contribution in [1.82, 2.24) is 9.88 Å². The van der Waals surface area contributed by atoms with E-state index in [0.29, 0.717) is 12.1 Å². The van der Waals surface area contributed by atoms with Gasteiger partial charge >= 0.3 is 0 Å². The first kappa shape index (κ1) is 14.0. The molecule has 0 aliphatic heterocycles. The van der Waals surface area contributed by atoms with Gasteiger partial charge < -0.3 is 9.88 Å². The largest absolute Gasteiger partial charge is 0.344 e. The molecule has 0 bridgehead atoms. The highest BCUT2D eigenvalue weighted by Gasteiger charge is 2.22. The van der Waals surface area contributed by atoms with Gasteiger partial charge in [-0.25, -0.2) is 0 Å². The van der Waals surface area contributed by atoms with E-state index < -0.39 is 0 Å². The van der Waals surface area contributed by atoms with Crippen LogP contribution in [0.15, 0.2) is 47.3 Å². The van der Waals surface area contributed by atoms with Crippen molar-refractivity contribution in [3.63, 3.8) is 0 Å². The Morgan fingerprint density at radius 3 is 2.91 bits per heavy atom. The Labute approximate surface area is 135 Å². The molecule has 1 N–H and O–H groups in total. The third-order valence-corrected chi connectivity index (χ3v) is 5.71. The summed E-state index contributed by atoms with van der Waals surface area (Å²) in [5, 5.41) is 9.18. The first-order chi connectivity index (χ1) is 10.8. The number of nitrogens with zero attached hydrogens (tertiary/aromatic N) is 1. The van der Waals surface area contributed by atoms with Crippen LogP contribution in [0.1, 0.15) is 31.7 Å². The average Bonchev–Trinajstić information content (AvgIpc) is 3.23. The predicted molar refractivity (Wildman–Crippen MR) is 95.6 cm³/mol. The van der Waals surface area contributed by atoms with Crippen LogP contribution in [0.3, 0.4) is 0 Å². The minimum absolute atomic E-state index is 0.635. The fourth-order valence-corrected chi connectivity index (χ4v) is 4.43. The van der Waals surface area contributed by atoms with Crippen LogP contribution in [0.5, 0.6) is 0 Å². The molecule has 2 nitrogen and oxygen atoms in total. The number of hydrogen-bond acceptors (Lipinski definition) is 2. The molecular weight excluding hydrogens is 288 g/mol. The van der Waals surface area contributed by atoms with Gasteiger partial charge in [-0.2, -0.15) is 11.3 Å². The maximum absolute atomic E-state index is 3.46. The van der Waals surface area contributed by atoms with Gasteiger partial charge in [0, 0.05) is 29.2 Å². The van der Waals surface area contributed by atoms with Crippen LogP contribution in [0.25, 0.3) is 22.0 Å². The smallest absolute Gasteiger partial charge is 0.0483 e. The molecule has 2 heterocycles. The standard InChI is InChI=1S/C19H22N2S/c1-20-17-3-2-4-18(12-17)21-9-7-15-11-14(5-6-19(15)21)16-8-10-22-13-16/h5-11,13,17-18,20H,2-4,12H2,1H3/t17-,18+/m1/s1. The SMILES string of the molecule is CN[C@@H]1CCC[C@H](n2ccc3cc(-c4ccsc4)ccc32)C1. The van der Waals surface area contributed by atoms with Gasteiger partial charge in [-0.1, -0.05) is 6.07 Å². The number of benzene rings is 1. The van der Waals surface area contributed by atoms with E-state index in [9.17, 15) is 0 Å². The summed E-state index contributed by atoms with van der Waals surface area (Å²) in [7, 11) is 2.09. The Kier molecular flexibility index (Phi) is 3.77. The highest BCUT2D eigenvalue weighted by atomic mass is 32.1. The molecule has 0 radical (unpaired) electrons. The summed E-state index contributed by atoms with van der Waals surface area (Å²) in [4.78, 5) is 0. The third-order valence-electron chi connectivity index (χ3n) is 5.02. The quantitative estimate of drug-likeness (QED) is 0.714. The summed E-state index contributed by atoms with van der Waals surface area (Å²) >= 11 is 1.76. The van der Waals surface area contributed by atoms with Crippen LogP contribution in [0.2, 0.25) is 0 Å². The van der Waals surface area contributed by atoms with E-state index in [1.165, 1.54) is 47.7 Å². The van der Waals surface area contributed by atoms with E-state index in [2.05, 4.69) is 64.2 Å². The predicted octanol–water partition coefficient (Wildman–Crippen LogP) is 5.07. The van der Waals surface area contributed by atoms with Gasteiger partial charge in [0.1, 0.15) is 0 Å². The number of fused-ring (bicyclic) bond motifs is 1. The Hall–Kier alpha value is -1.58. The monoisotopic (exact) mass is 310 g/mol. The molecule has 4 rings (SSSR count). The van der Waals surface area contributed by atoms with E-state index in [-0.39, 0.29) is 0 Å². The summed E-state index contributed by atoms with van der Waals surface area (Å²) in [6.07, 6.45) is 7.46. The molecule has 0 amide bonds. The van der Waals surface area contributed by atoms with Gasteiger partial charge in [-0.15, -0.1) is 0 Å². The molecular formula is C19H22N2S. The summed E-state index contributed by atoms with van der Waals surface area (Å²) < 4.78 is 2.50. The van der Waals surface area contributed by atoms with Crippen molar-refractivity contribution in [3.8, 4) is 11.1 Å². The number of nitrogens with one attached hydrogen (secondary N) is 1. The molecule has 114 valence electrons. The van der Waals surface area contributed by atoms with Crippen LogP contribution in [-0.4, -0.2) is 17.7 Å². The zero-order valence-electron chi connectivity index (χ0n) is 13.0. The molecule has 0 unspecified atom stereocenters. The summed E-state index contributed by atoms with van der Waals surface area (Å²) in [5.74, 6) is 0. The Morgan fingerprint density at radius 2 is 2.09 bits per heavy atom. The first-order valence-corrected chi connectivity index (χ1v) is 9.10. The number of aromatic nitrogens is 1. The van der Waals surface area contributed by atoms with E-state index in [1.807, 2.05) is 0 Å². The van der Waals surface area contributed by atoms with Crippen molar-refractivity contribution in [2.45, 2.75) is 37.8 Å². The van der Waals surface area contributed by atoms with Gasteiger partial charge in [-0.3, -0.25) is 0 Å². The normalized spacial score (nSPS) is 22.2. The van der Waals surface area contributed by atoms with Crippen molar-refractivity contribution in [2.24, 2.45) is 0 Å². The summed E-state index contributed by atoms with van der Waals surface area (Å²) in [5.41, 5.74) is 4.02. The Balaban J connectivity index is 1.68. The third kappa shape index (κ3) is 2.49. The summed E-state index contributed by atoms with van der Waals surface area (Å²) in [6, 6.07) is 12.7. The van der Waals surface area contributed by atoms with Crippen LogP contribution < -0.4 is 5.32 Å². The van der Waals surface area contributed by atoms with Gasteiger partial charge in [0.15, 0.2) is 0 Å². The van der Waals surface area contributed by atoms with Gasteiger partial charge in [-0.05, 0) is 78.9 Å². The summed E-state index contributed by atoms with van der Waals surface area (Å²) in [6.45, 7) is 0. The molecule has 2 atom stereocenters. The van der Waals surface area contributed by atoms with Crippen molar-refractivity contribution in [1.29, 1.82) is 0 Å². The zero-order chi connectivity index (χ0) is 14.9. The average molecular weight is 310 g/mol. The first-order valence-electron chi connectivity index (χ1n) is 8.15. The van der Waals surface area contributed by atoms with Crippen molar-refractivity contribution in [2.75, 3.05) is 7.05 Å². The number of rotatable bonds is 3.